The highest BCUT2D eigenvalue weighted by molar-refractivity contribution is 5.80. The highest BCUT2D eigenvalue weighted by Gasteiger charge is 2.08. The molecule has 0 amide bonds. The Bertz CT molecular complexity index is 866. The number of phenols is 1. The Balaban J connectivity index is 1.80. The number of hydrogen-bond acceptors (Lipinski definition) is 5. The summed E-state index contributed by atoms with van der Waals surface area (Å²) in [5, 5.41) is 20.3. The van der Waals surface area contributed by atoms with Crippen molar-refractivity contribution in [1.29, 1.82) is 0 Å². The van der Waals surface area contributed by atoms with Crippen molar-refractivity contribution in [2.45, 2.75) is 0 Å². The number of phenolic OH excluding ortho intramolecular Hbond substituents is 1. The molecule has 1 N–H and O–H groups in total. The summed E-state index contributed by atoms with van der Waals surface area (Å²) in [7, 11) is 0. The molecule has 0 radical (unpaired) electrons. The lowest BCUT2D eigenvalue weighted by atomic mass is 10.1. The zero-order chi connectivity index (χ0) is 16.2. The van der Waals surface area contributed by atoms with Crippen LogP contribution in [0.4, 0.5) is 11.4 Å². The SMILES string of the molecule is O=[N+]([O-])c1ccc(-c2ccc(/C=N/c3ccccc3O)o2)cc1. The first kappa shape index (κ1) is 14.5. The predicted octanol–water partition coefficient (Wildman–Crippen LogP) is 4.31. The van der Waals surface area contributed by atoms with Gasteiger partial charge >= 0.3 is 0 Å². The Kier molecular flexibility index (Phi) is 3.88. The molecule has 0 aliphatic carbocycles. The first-order valence-corrected chi connectivity index (χ1v) is 6.80. The van der Waals surface area contributed by atoms with E-state index in [1.807, 2.05) is 0 Å². The van der Waals surface area contributed by atoms with E-state index in [0.717, 1.165) is 5.56 Å². The molecule has 2 aromatic carbocycles. The van der Waals surface area contributed by atoms with Crippen LogP contribution in [0.15, 0.2) is 70.1 Å². The van der Waals surface area contributed by atoms with Gasteiger partial charge in [-0.05, 0) is 36.4 Å². The first-order chi connectivity index (χ1) is 11.1. The lowest BCUT2D eigenvalue weighted by molar-refractivity contribution is -0.384. The number of aromatic hydroxyl groups is 1. The Hall–Kier alpha value is -3.41. The molecule has 1 heterocycles. The van der Waals surface area contributed by atoms with Crippen LogP contribution in [0.3, 0.4) is 0 Å². The molecule has 0 fully saturated rings. The summed E-state index contributed by atoms with van der Waals surface area (Å²) in [5.41, 5.74) is 1.21. The van der Waals surface area contributed by atoms with Gasteiger partial charge in [0.05, 0.1) is 11.1 Å². The molecule has 3 aromatic rings. The molecule has 1 aromatic heterocycles. The zero-order valence-electron chi connectivity index (χ0n) is 11.9. The second kappa shape index (κ2) is 6.15. The van der Waals surface area contributed by atoms with E-state index >= 15 is 0 Å². The number of nitrogens with zero attached hydrogens (tertiary/aromatic N) is 2. The maximum absolute atomic E-state index is 10.6. The van der Waals surface area contributed by atoms with Crippen LogP contribution < -0.4 is 0 Å². The molecule has 0 aliphatic rings. The van der Waals surface area contributed by atoms with E-state index in [1.54, 1.807) is 48.5 Å². The zero-order valence-corrected chi connectivity index (χ0v) is 11.9. The fraction of sp³-hybridized carbons (Fsp3) is 0. The van der Waals surface area contributed by atoms with E-state index in [-0.39, 0.29) is 11.4 Å². The molecule has 114 valence electrons. The normalized spacial score (nSPS) is 11.0. The van der Waals surface area contributed by atoms with Crippen LogP contribution in [0.2, 0.25) is 0 Å². The van der Waals surface area contributed by atoms with Crippen LogP contribution in [-0.2, 0) is 0 Å². The first-order valence-electron chi connectivity index (χ1n) is 6.80. The van der Waals surface area contributed by atoms with Crippen LogP contribution in [0.5, 0.6) is 5.75 Å². The topological polar surface area (TPSA) is 88.9 Å². The number of hydrogen-bond donors (Lipinski definition) is 1. The average Bonchev–Trinajstić information content (AvgIpc) is 3.03. The van der Waals surface area contributed by atoms with Crippen LogP contribution in [0, 0.1) is 10.1 Å². The summed E-state index contributed by atoms with van der Waals surface area (Å²) < 4.78 is 5.63. The quantitative estimate of drug-likeness (QED) is 0.442. The smallest absolute Gasteiger partial charge is 0.269 e. The van der Waals surface area contributed by atoms with Gasteiger partial charge in [-0.25, -0.2) is 4.99 Å². The van der Waals surface area contributed by atoms with Crippen LogP contribution in [0.1, 0.15) is 5.76 Å². The highest BCUT2D eigenvalue weighted by atomic mass is 16.6. The van der Waals surface area contributed by atoms with Gasteiger partial charge < -0.3 is 9.52 Å². The summed E-state index contributed by atoms with van der Waals surface area (Å²) >= 11 is 0. The standard InChI is InChI=1S/C17H12N2O4/c20-16-4-2-1-3-15(16)18-11-14-9-10-17(23-14)12-5-7-13(8-6-12)19(21)22/h1-11,20H/b18-11+. The molecule has 6 heteroatoms. The maximum Gasteiger partial charge on any atom is 0.269 e. The van der Waals surface area contributed by atoms with Gasteiger partial charge in [-0.15, -0.1) is 0 Å². The summed E-state index contributed by atoms with van der Waals surface area (Å²) in [6, 6.07) is 16.3. The number of aliphatic imine (C=N–C) groups is 1. The van der Waals surface area contributed by atoms with Gasteiger partial charge in [0.15, 0.2) is 0 Å². The number of nitro groups is 1. The molecule has 0 aliphatic heterocycles. The van der Waals surface area contributed by atoms with Gasteiger partial charge in [-0.3, -0.25) is 10.1 Å². The van der Waals surface area contributed by atoms with Gasteiger partial charge in [-0.2, -0.15) is 0 Å². The largest absolute Gasteiger partial charge is 0.506 e. The summed E-state index contributed by atoms with van der Waals surface area (Å²) in [5.74, 6) is 1.19. The third kappa shape index (κ3) is 3.26. The lowest BCUT2D eigenvalue weighted by Gasteiger charge is -1.97. The average molecular weight is 308 g/mol. The Morgan fingerprint density at radius 3 is 2.48 bits per heavy atom. The molecule has 23 heavy (non-hydrogen) atoms. The molecule has 6 nitrogen and oxygen atoms in total. The van der Waals surface area contributed by atoms with Gasteiger partial charge in [0.25, 0.3) is 5.69 Å². The molecule has 0 saturated carbocycles. The molecule has 0 saturated heterocycles. The number of benzene rings is 2. The van der Waals surface area contributed by atoms with E-state index in [0.29, 0.717) is 17.2 Å². The minimum atomic E-state index is -0.448. The molecule has 3 rings (SSSR count). The van der Waals surface area contributed by atoms with Crippen molar-refractivity contribution in [3.05, 3.63) is 76.5 Å². The predicted molar refractivity (Wildman–Crippen MR) is 86.2 cm³/mol. The van der Waals surface area contributed by atoms with E-state index < -0.39 is 4.92 Å². The fourth-order valence-corrected chi connectivity index (χ4v) is 2.03. The highest BCUT2D eigenvalue weighted by Crippen LogP contribution is 2.26. The van der Waals surface area contributed by atoms with E-state index in [2.05, 4.69) is 4.99 Å². The van der Waals surface area contributed by atoms with Crippen molar-refractivity contribution in [3.8, 4) is 17.1 Å². The summed E-state index contributed by atoms with van der Waals surface area (Å²) in [6.45, 7) is 0. The lowest BCUT2D eigenvalue weighted by Crippen LogP contribution is -1.86. The van der Waals surface area contributed by atoms with Crippen molar-refractivity contribution >= 4 is 17.6 Å². The maximum atomic E-state index is 10.6. The van der Waals surface area contributed by atoms with Crippen molar-refractivity contribution in [1.82, 2.24) is 0 Å². The van der Waals surface area contributed by atoms with Gasteiger partial charge in [0.1, 0.15) is 23.0 Å². The van der Waals surface area contributed by atoms with E-state index in [9.17, 15) is 15.2 Å². The molecular formula is C17H12N2O4. The van der Waals surface area contributed by atoms with Crippen molar-refractivity contribution in [2.75, 3.05) is 0 Å². The third-order valence-electron chi connectivity index (χ3n) is 3.20. The molecule has 0 unspecified atom stereocenters. The minimum absolute atomic E-state index is 0.0293. The summed E-state index contributed by atoms with van der Waals surface area (Å²) in [4.78, 5) is 14.4. The number of para-hydroxylation sites is 2. The molecule has 0 bridgehead atoms. The molecule has 0 spiro atoms. The van der Waals surface area contributed by atoms with Gasteiger partial charge in [0, 0.05) is 17.7 Å². The Labute approximate surface area is 131 Å². The second-order valence-corrected chi connectivity index (χ2v) is 4.75. The van der Waals surface area contributed by atoms with Crippen molar-refractivity contribution in [3.63, 3.8) is 0 Å². The molecule has 0 atom stereocenters. The molecular weight excluding hydrogens is 296 g/mol. The summed E-state index contributed by atoms with van der Waals surface area (Å²) in [6.07, 6.45) is 1.50. The van der Waals surface area contributed by atoms with E-state index in [4.69, 9.17) is 4.42 Å². The number of rotatable bonds is 4. The Morgan fingerprint density at radius 1 is 1.04 bits per heavy atom. The minimum Gasteiger partial charge on any atom is -0.506 e. The van der Waals surface area contributed by atoms with Gasteiger partial charge in [-0.1, -0.05) is 12.1 Å². The number of furan rings is 1. The third-order valence-corrected chi connectivity index (χ3v) is 3.20. The van der Waals surface area contributed by atoms with Crippen LogP contribution >= 0.6 is 0 Å². The fourth-order valence-electron chi connectivity index (χ4n) is 2.03. The number of nitro benzene ring substituents is 1. The Morgan fingerprint density at radius 2 is 1.78 bits per heavy atom. The monoisotopic (exact) mass is 308 g/mol. The van der Waals surface area contributed by atoms with Crippen molar-refractivity contribution in [2.24, 2.45) is 4.99 Å². The second-order valence-electron chi connectivity index (χ2n) is 4.75. The van der Waals surface area contributed by atoms with Crippen LogP contribution in [-0.4, -0.2) is 16.2 Å². The van der Waals surface area contributed by atoms with Crippen molar-refractivity contribution < 1.29 is 14.4 Å². The van der Waals surface area contributed by atoms with Gasteiger partial charge in [0.2, 0.25) is 0 Å². The number of non-ortho nitro benzene ring substituents is 1. The van der Waals surface area contributed by atoms with Crippen LogP contribution in [0.25, 0.3) is 11.3 Å². The van der Waals surface area contributed by atoms with E-state index in [1.165, 1.54) is 18.3 Å².